The van der Waals surface area contributed by atoms with E-state index >= 15 is 0 Å². The van der Waals surface area contributed by atoms with Crippen LogP contribution in [0.2, 0.25) is 5.02 Å². The van der Waals surface area contributed by atoms with Crippen molar-refractivity contribution in [3.63, 3.8) is 0 Å². The van der Waals surface area contributed by atoms with Gasteiger partial charge in [0.15, 0.2) is 17.3 Å². The number of rotatable bonds is 5. The van der Waals surface area contributed by atoms with E-state index in [1.54, 1.807) is 67.7 Å². The van der Waals surface area contributed by atoms with Gasteiger partial charge in [-0.3, -0.25) is 0 Å². The predicted molar refractivity (Wildman–Crippen MR) is 125 cm³/mol. The van der Waals surface area contributed by atoms with Crippen LogP contribution in [0.1, 0.15) is 21.5 Å². The zero-order valence-electron chi connectivity index (χ0n) is 17.6. The Balaban J connectivity index is 1.64. The van der Waals surface area contributed by atoms with Crippen molar-refractivity contribution in [3.8, 4) is 11.5 Å². The zero-order chi connectivity index (χ0) is 23.6. The number of esters is 1. The second kappa shape index (κ2) is 9.05. The molecule has 1 aliphatic rings. The van der Waals surface area contributed by atoms with E-state index < -0.39 is 16.0 Å². The van der Waals surface area contributed by atoms with E-state index in [1.165, 1.54) is 24.4 Å². The van der Waals surface area contributed by atoms with E-state index in [0.29, 0.717) is 27.5 Å². The summed E-state index contributed by atoms with van der Waals surface area (Å²) >= 11 is 5.88. The molecule has 8 nitrogen and oxygen atoms in total. The minimum atomic E-state index is -3.78. The fraction of sp³-hybridized carbons (Fsp3) is 0.0870. The Bertz CT molecular complexity index is 1390. The highest BCUT2D eigenvalue weighted by molar-refractivity contribution is 7.90. The number of benzene rings is 3. The van der Waals surface area contributed by atoms with Gasteiger partial charge in [-0.1, -0.05) is 29.8 Å². The van der Waals surface area contributed by atoms with Crippen LogP contribution in [-0.4, -0.2) is 45.6 Å². The molecule has 0 N–H and O–H groups in total. The maximum atomic E-state index is 12.6. The normalized spacial score (nSPS) is 14.0. The number of ether oxygens (including phenoxy) is 2. The SMILES string of the molecule is COc1cccc(/C=N\N(C)C2=NS(=O)(=O)c3ccccc32)c1OC(=O)c1ccc(Cl)cc1. The van der Waals surface area contributed by atoms with E-state index in [1.807, 2.05) is 0 Å². The van der Waals surface area contributed by atoms with Gasteiger partial charge in [-0.15, -0.1) is 4.40 Å². The molecule has 0 amide bonds. The van der Waals surface area contributed by atoms with E-state index in [9.17, 15) is 13.2 Å². The minimum absolute atomic E-state index is 0.126. The van der Waals surface area contributed by atoms with Gasteiger partial charge in [-0.2, -0.15) is 13.5 Å². The number of hydrogen-bond donors (Lipinski definition) is 0. The van der Waals surface area contributed by atoms with E-state index in [0.717, 1.165) is 0 Å². The highest BCUT2D eigenvalue weighted by Gasteiger charge is 2.30. The van der Waals surface area contributed by atoms with Crippen LogP contribution >= 0.6 is 11.6 Å². The number of amidine groups is 1. The molecular weight excluding hydrogens is 466 g/mol. The summed E-state index contributed by atoms with van der Waals surface area (Å²) < 4.78 is 39.4. The van der Waals surface area contributed by atoms with Crippen LogP contribution in [0.5, 0.6) is 11.5 Å². The van der Waals surface area contributed by atoms with Gasteiger partial charge in [-0.05, 0) is 48.5 Å². The van der Waals surface area contributed by atoms with Crippen LogP contribution < -0.4 is 9.47 Å². The molecule has 0 spiro atoms. The molecule has 0 aromatic heterocycles. The summed E-state index contributed by atoms with van der Waals surface area (Å²) in [6.07, 6.45) is 1.43. The molecule has 0 saturated heterocycles. The lowest BCUT2D eigenvalue weighted by molar-refractivity contribution is 0.0729. The molecule has 0 unspecified atom stereocenters. The second-order valence-electron chi connectivity index (χ2n) is 6.93. The maximum absolute atomic E-state index is 12.6. The Hall–Kier alpha value is -3.69. The average Bonchev–Trinajstić information content (AvgIpc) is 3.09. The van der Waals surface area contributed by atoms with Crippen molar-refractivity contribution in [1.29, 1.82) is 0 Å². The molecule has 3 aromatic carbocycles. The lowest BCUT2D eigenvalue weighted by atomic mass is 10.2. The molecule has 0 fully saturated rings. The smallest absolute Gasteiger partial charge is 0.343 e. The molecule has 168 valence electrons. The first kappa shape index (κ1) is 22.5. The number of carbonyl (C=O) groups excluding carboxylic acids is 1. The number of halogens is 1. The third-order valence-corrected chi connectivity index (χ3v) is 6.37. The topological polar surface area (TPSA) is 97.6 Å². The summed E-state index contributed by atoms with van der Waals surface area (Å²) in [5.74, 6) is 0.0809. The molecule has 10 heteroatoms. The number of sulfonamides is 1. The molecule has 0 atom stereocenters. The number of nitrogens with zero attached hydrogens (tertiary/aromatic N) is 3. The van der Waals surface area contributed by atoms with Crippen LogP contribution in [0.3, 0.4) is 0 Å². The van der Waals surface area contributed by atoms with Crippen LogP contribution in [0, 0.1) is 0 Å². The number of hydrazone groups is 1. The summed E-state index contributed by atoms with van der Waals surface area (Å²) in [6, 6.07) is 17.9. The predicted octanol–water partition coefficient (Wildman–Crippen LogP) is 3.98. The number of methoxy groups -OCH3 is 1. The molecule has 3 aromatic rings. The van der Waals surface area contributed by atoms with Crippen LogP contribution in [0.25, 0.3) is 0 Å². The second-order valence-corrected chi connectivity index (χ2v) is 8.94. The highest BCUT2D eigenvalue weighted by Crippen LogP contribution is 2.31. The lowest BCUT2D eigenvalue weighted by Gasteiger charge is -2.14. The van der Waals surface area contributed by atoms with E-state index in [2.05, 4.69) is 9.50 Å². The summed E-state index contributed by atoms with van der Waals surface area (Å²) in [4.78, 5) is 12.8. The van der Waals surface area contributed by atoms with Crippen LogP contribution in [0.15, 0.2) is 81.1 Å². The summed E-state index contributed by atoms with van der Waals surface area (Å²) in [6.45, 7) is 0. The Morgan fingerprint density at radius 3 is 2.52 bits per heavy atom. The van der Waals surface area contributed by atoms with Crippen LogP contribution in [-0.2, 0) is 10.0 Å². The van der Waals surface area contributed by atoms with Gasteiger partial charge >= 0.3 is 5.97 Å². The standard InChI is InChI=1S/C23H18ClN3O5S/c1-27(22-18-7-3-4-9-20(18)33(29,30)26-22)25-14-16-6-5-8-19(31-2)21(16)32-23(28)15-10-12-17(24)13-11-15/h3-14H,1-2H3/b25-14-. The Kier molecular flexibility index (Phi) is 6.17. The van der Waals surface area contributed by atoms with Crippen molar-refractivity contribution in [2.75, 3.05) is 14.2 Å². The number of carbonyl (C=O) groups is 1. The molecule has 1 heterocycles. The first-order chi connectivity index (χ1) is 15.8. The zero-order valence-corrected chi connectivity index (χ0v) is 19.2. The van der Waals surface area contributed by atoms with Crippen molar-refractivity contribution in [2.24, 2.45) is 9.50 Å². The van der Waals surface area contributed by atoms with Crippen molar-refractivity contribution < 1.29 is 22.7 Å². The van der Waals surface area contributed by atoms with Crippen LogP contribution in [0.4, 0.5) is 0 Å². The Morgan fingerprint density at radius 2 is 1.79 bits per heavy atom. The third-order valence-electron chi connectivity index (χ3n) is 4.79. The molecule has 0 saturated carbocycles. The Labute approximate surface area is 195 Å². The maximum Gasteiger partial charge on any atom is 0.343 e. The fourth-order valence-electron chi connectivity index (χ4n) is 3.17. The molecule has 0 aliphatic carbocycles. The molecular formula is C23H18ClN3O5S. The number of hydrogen-bond acceptors (Lipinski definition) is 7. The van der Waals surface area contributed by atoms with Gasteiger partial charge in [0.2, 0.25) is 0 Å². The van der Waals surface area contributed by atoms with Crippen molar-refractivity contribution in [1.82, 2.24) is 5.01 Å². The largest absolute Gasteiger partial charge is 0.493 e. The number of para-hydroxylation sites is 1. The molecule has 0 radical (unpaired) electrons. The summed E-state index contributed by atoms with van der Waals surface area (Å²) in [7, 11) is -0.746. The van der Waals surface area contributed by atoms with Crippen molar-refractivity contribution in [2.45, 2.75) is 4.90 Å². The highest BCUT2D eigenvalue weighted by atomic mass is 35.5. The van der Waals surface area contributed by atoms with Crippen molar-refractivity contribution in [3.05, 3.63) is 88.4 Å². The Morgan fingerprint density at radius 1 is 1.06 bits per heavy atom. The van der Waals surface area contributed by atoms with E-state index in [4.69, 9.17) is 21.1 Å². The van der Waals surface area contributed by atoms with Gasteiger partial charge in [0, 0.05) is 23.2 Å². The van der Waals surface area contributed by atoms with Gasteiger partial charge in [0.25, 0.3) is 10.0 Å². The lowest BCUT2D eigenvalue weighted by Crippen LogP contribution is -2.21. The molecule has 4 rings (SSSR count). The molecule has 1 aliphatic heterocycles. The fourth-order valence-corrected chi connectivity index (χ4v) is 4.52. The summed E-state index contributed by atoms with van der Waals surface area (Å²) in [5, 5.41) is 6.16. The minimum Gasteiger partial charge on any atom is -0.493 e. The number of fused-ring (bicyclic) bond motifs is 1. The van der Waals surface area contributed by atoms with Gasteiger partial charge in [0.1, 0.15) is 4.90 Å². The van der Waals surface area contributed by atoms with Gasteiger partial charge in [-0.25, -0.2) is 9.80 Å². The summed E-state index contributed by atoms with van der Waals surface area (Å²) in [5.41, 5.74) is 1.21. The third kappa shape index (κ3) is 4.59. The van der Waals surface area contributed by atoms with E-state index in [-0.39, 0.29) is 16.5 Å². The van der Waals surface area contributed by atoms with Gasteiger partial charge in [0.05, 0.1) is 18.9 Å². The average molecular weight is 484 g/mol. The first-order valence-electron chi connectivity index (χ1n) is 9.67. The molecule has 0 bridgehead atoms. The first-order valence-corrected chi connectivity index (χ1v) is 11.5. The van der Waals surface area contributed by atoms with Crippen molar-refractivity contribution >= 4 is 39.6 Å². The van der Waals surface area contributed by atoms with Gasteiger partial charge < -0.3 is 9.47 Å². The molecule has 33 heavy (non-hydrogen) atoms. The quantitative estimate of drug-likeness (QED) is 0.235. The monoisotopic (exact) mass is 483 g/mol.